The number of hydrogen-bond donors (Lipinski definition) is 2. The number of nitrogens with one attached hydrogen (secondary N) is 1. The van der Waals surface area contributed by atoms with Crippen LogP contribution in [-0.4, -0.2) is 4.98 Å². The third-order valence-corrected chi connectivity index (χ3v) is 3.20. The normalized spacial score (nSPS) is 10.3. The lowest BCUT2D eigenvalue weighted by molar-refractivity contribution is 1.33. The van der Waals surface area contributed by atoms with Crippen LogP contribution in [0.3, 0.4) is 0 Å². The van der Waals surface area contributed by atoms with E-state index in [-0.39, 0.29) is 0 Å². The van der Waals surface area contributed by atoms with Crippen LogP contribution in [0.5, 0.6) is 0 Å². The second kappa shape index (κ2) is 4.82. The summed E-state index contributed by atoms with van der Waals surface area (Å²) < 4.78 is 0. The highest BCUT2D eigenvalue weighted by atomic mass is 35.5. The average Bonchev–Trinajstić information content (AvgIpc) is 2.32. The highest BCUT2D eigenvalue weighted by Gasteiger charge is 2.09. The maximum absolute atomic E-state index is 6.20. The molecule has 3 nitrogen and oxygen atoms in total. The Balaban J connectivity index is 2.43. The molecule has 0 atom stereocenters. The second-order valence-corrected chi connectivity index (χ2v) is 4.43. The zero-order valence-corrected chi connectivity index (χ0v) is 10.7. The van der Waals surface area contributed by atoms with E-state index in [1.54, 1.807) is 24.5 Å². The quantitative estimate of drug-likeness (QED) is 0.864. The maximum atomic E-state index is 6.20. The van der Waals surface area contributed by atoms with Crippen molar-refractivity contribution in [2.75, 3.05) is 11.1 Å². The number of rotatable bonds is 2. The highest BCUT2D eigenvalue weighted by Crippen LogP contribution is 2.36. The van der Waals surface area contributed by atoms with E-state index in [1.165, 1.54) is 0 Å². The summed E-state index contributed by atoms with van der Waals surface area (Å²) in [5, 5.41) is 4.26. The summed E-state index contributed by atoms with van der Waals surface area (Å²) in [5.41, 5.74) is 8.68. The Hall–Kier alpha value is -1.45. The van der Waals surface area contributed by atoms with Crippen molar-refractivity contribution in [1.29, 1.82) is 0 Å². The Bertz CT molecular complexity index is 555. The molecule has 1 aromatic carbocycles. The molecular weight excluding hydrogens is 257 g/mol. The molecule has 1 heterocycles. The number of halogens is 2. The lowest BCUT2D eigenvalue weighted by Gasteiger charge is -2.13. The molecule has 2 aromatic rings. The Morgan fingerprint density at radius 3 is 2.71 bits per heavy atom. The molecule has 17 heavy (non-hydrogen) atoms. The smallest absolute Gasteiger partial charge is 0.0766 e. The third-order valence-electron chi connectivity index (χ3n) is 2.40. The van der Waals surface area contributed by atoms with Crippen LogP contribution in [0.2, 0.25) is 10.0 Å². The van der Waals surface area contributed by atoms with Crippen LogP contribution in [0.4, 0.5) is 17.1 Å². The van der Waals surface area contributed by atoms with Gasteiger partial charge in [-0.3, -0.25) is 4.98 Å². The molecule has 1 aromatic heterocycles. The first-order valence-electron chi connectivity index (χ1n) is 5.00. The van der Waals surface area contributed by atoms with Crippen molar-refractivity contribution in [3.8, 4) is 0 Å². The van der Waals surface area contributed by atoms with Crippen LogP contribution in [0.15, 0.2) is 30.6 Å². The Morgan fingerprint density at radius 1 is 1.24 bits per heavy atom. The second-order valence-electron chi connectivity index (χ2n) is 3.64. The zero-order chi connectivity index (χ0) is 12.4. The summed E-state index contributed by atoms with van der Waals surface area (Å²) in [5.74, 6) is 0. The van der Waals surface area contributed by atoms with Gasteiger partial charge in [0.1, 0.15) is 0 Å². The first-order chi connectivity index (χ1) is 8.09. The molecule has 0 fully saturated rings. The first kappa shape index (κ1) is 12.0. The van der Waals surface area contributed by atoms with Crippen LogP contribution in [0.25, 0.3) is 0 Å². The van der Waals surface area contributed by atoms with Gasteiger partial charge < -0.3 is 11.1 Å². The van der Waals surface area contributed by atoms with Gasteiger partial charge in [-0.2, -0.15) is 0 Å². The van der Waals surface area contributed by atoms with Gasteiger partial charge in [0.05, 0.1) is 33.3 Å². The number of pyridine rings is 1. The molecule has 0 aliphatic heterocycles. The number of hydrogen-bond acceptors (Lipinski definition) is 3. The Kier molecular flexibility index (Phi) is 3.41. The predicted molar refractivity (Wildman–Crippen MR) is 73.1 cm³/mol. The van der Waals surface area contributed by atoms with E-state index >= 15 is 0 Å². The van der Waals surface area contributed by atoms with E-state index in [4.69, 9.17) is 28.9 Å². The van der Waals surface area contributed by atoms with Gasteiger partial charge in [0.2, 0.25) is 0 Å². The van der Waals surface area contributed by atoms with Gasteiger partial charge in [0, 0.05) is 6.20 Å². The number of aryl methyl sites for hydroxylation is 1. The fourth-order valence-electron chi connectivity index (χ4n) is 1.43. The standard InChI is InChI=1S/C12H11Cl2N3/c1-7-2-3-8(13)12(11(7)14)17-10-4-5-16-6-9(10)15/h2-6H,15H2,1H3,(H,16,17). The SMILES string of the molecule is Cc1ccc(Cl)c(Nc2ccncc2N)c1Cl. The minimum atomic E-state index is 0.543. The molecule has 0 aliphatic carbocycles. The molecule has 0 spiro atoms. The minimum absolute atomic E-state index is 0.543. The van der Waals surface area contributed by atoms with E-state index in [1.807, 2.05) is 13.0 Å². The number of aromatic nitrogens is 1. The van der Waals surface area contributed by atoms with Crippen LogP contribution in [-0.2, 0) is 0 Å². The Morgan fingerprint density at radius 2 is 2.00 bits per heavy atom. The predicted octanol–water partition coefficient (Wildman–Crippen LogP) is 4.02. The average molecular weight is 268 g/mol. The first-order valence-corrected chi connectivity index (χ1v) is 5.76. The molecule has 0 saturated heterocycles. The van der Waals surface area contributed by atoms with E-state index in [0.29, 0.717) is 21.4 Å². The summed E-state index contributed by atoms with van der Waals surface area (Å²) >= 11 is 12.3. The summed E-state index contributed by atoms with van der Waals surface area (Å²) in [6.07, 6.45) is 3.22. The van der Waals surface area contributed by atoms with Crippen molar-refractivity contribution in [3.63, 3.8) is 0 Å². The largest absolute Gasteiger partial charge is 0.396 e. The molecule has 5 heteroatoms. The maximum Gasteiger partial charge on any atom is 0.0766 e. The molecule has 0 radical (unpaired) electrons. The molecule has 88 valence electrons. The fourth-order valence-corrected chi connectivity index (χ4v) is 1.89. The van der Waals surface area contributed by atoms with Crippen LogP contribution >= 0.6 is 23.2 Å². The highest BCUT2D eigenvalue weighted by molar-refractivity contribution is 6.39. The van der Waals surface area contributed by atoms with Gasteiger partial charge in [-0.1, -0.05) is 29.3 Å². The number of nitrogens with two attached hydrogens (primary N) is 1. The molecular formula is C12H11Cl2N3. The summed E-state index contributed by atoms with van der Waals surface area (Å²) in [7, 11) is 0. The van der Waals surface area contributed by atoms with E-state index in [2.05, 4.69) is 10.3 Å². The number of nitrogens with zero attached hydrogens (tertiary/aromatic N) is 1. The van der Waals surface area contributed by atoms with Crippen molar-refractivity contribution in [3.05, 3.63) is 46.2 Å². The van der Waals surface area contributed by atoms with Gasteiger partial charge in [0.15, 0.2) is 0 Å². The fraction of sp³-hybridized carbons (Fsp3) is 0.0833. The van der Waals surface area contributed by atoms with Crippen molar-refractivity contribution in [1.82, 2.24) is 4.98 Å². The third kappa shape index (κ3) is 2.46. The summed E-state index contributed by atoms with van der Waals surface area (Å²) in [6, 6.07) is 5.43. The van der Waals surface area contributed by atoms with E-state index in [0.717, 1.165) is 11.3 Å². The van der Waals surface area contributed by atoms with E-state index in [9.17, 15) is 0 Å². The summed E-state index contributed by atoms with van der Waals surface area (Å²) in [6.45, 7) is 1.92. The van der Waals surface area contributed by atoms with Crippen LogP contribution < -0.4 is 11.1 Å². The Labute approximate surface area is 110 Å². The topological polar surface area (TPSA) is 50.9 Å². The van der Waals surface area contributed by atoms with Gasteiger partial charge in [-0.15, -0.1) is 0 Å². The minimum Gasteiger partial charge on any atom is -0.396 e. The molecule has 0 saturated carbocycles. The van der Waals surface area contributed by atoms with Crippen LogP contribution in [0.1, 0.15) is 5.56 Å². The molecule has 3 N–H and O–H groups in total. The monoisotopic (exact) mass is 267 g/mol. The molecule has 2 rings (SSSR count). The van der Waals surface area contributed by atoms with Crippen molar-refractivity contribution in [2.45, 2.75) is 6.92 Å². The number of benzene rings is 1. The van der Waals surface area contributed by atoms with Gasteiger partial charge in [-0.05, 0) is 24.6 Å². The lowest BCUT2D eigenvalue weighted by Crippen LogP contribution is -1.98. The molecule has 0 amide bonds. The summed E-state index contributed by atoms with van der Waals surface area (Å²) in [4.78, 5) is 3.92. The molecule has 0 bridgehead atoms. The number of nitrogen functional groups attached to an aromatic ring is 1. The van der Waals surface area contributed by atoms with Gasteiger partial charge >= 0.3 is 0 Å². The molecule has 0 aliphatic rings. The number of anilines is 3. The van der Waals surface area contributed by atoms with Crippen molar-refractivity contribution in [2.24, 2.45) is 0 Å². The van der Waals surface area contributed by atoms with Crippen molar-refractivity contribution < 1.29 is 0 Å². The van der Waals surface area contributed by atoms with E-state index < -0.39 is 0 Å². The van der Waals surface area contributed by atoms with Gasteiger partial charge in [-0.25, -0.2) is 0 Å². The van der Waals surface area contributed by atoms with Gasteiger partial charge in [0.25, 0.3) is 0 Å². The van der Waals surface area contributed by atoms with Crippen LogP contribution in [0, 0.1) is 6.92 Å². The molecule has 0 unspecified atom stereocenters. The van der Waals surface area contributed by atoms with Crippen molar-refractivity contribution >= 4 is 40.3 Å². The zero-order valence-electron chi connectivity index (χ0n) is 9.17. The lowest BCUT2D eigenvalue weighted by atomic mass is 10.2.